The Balaban J connectivity index is 1.87. The number of halogens is 3. The Morgan fingerprint density at radius 3 is 2.03 bits per heavy atom. The second-order valence-electron chi connectivity index (χ2n) is 7.42. The summed E-state index contributed by atoms with van der Waals surface area (Å²) in [4.78, 5) is 28.8. The number of nitrogens with zero attached hydrogens (tertiary/aromatic N) is 4. The third-order valence-electron chi connectivity index (χ3n) is 5.22. The molecule has 1 N–H and O–H groups in total. The van der Waals surface area contributed by atoms with Gasteiger partial charge in [-0.3, -0.25) is 5.32 Å². The van der Waals surface area contributed by atoms with Crippen LogP contribution in [0.15, 0.2) is 24.3 Å². The first-order valence-corrected chi connectivity index (χ1v) is 10.5. The van der Waals surface area contributed by atoms with E-state index in [-0.39, 0.29) is 34.3 Å². The third-order valence-corrected chi connectivity index (χ3v) is 5.22. The molecule has 0 unspecified atom stereocenters. The fraction of sp³-hybridized carbons (Fsp3) is 0.261. The predicted octanol–water partition coefficient (Wildman–Crippen LogP) is 4.13. The topological polar surface area (TPSA) is 127 Å². The molecule has 0 amide bonds. The monoisotopic (exact) mass is 519 g/mol. The second-order valence-corrected chi connectivity index (χ2v) is 7.42. The molecule has 0 fully saturated rings. The molecule has 4 aromatic rings. The molecule has 0 aliphatic carbocycles. The Morgan fingerprint density at radius 2 is 1.41 bits per heavy atom. The molecule has 2 aromatic carbocycles. The smallest absolute Gasteiger partial charge is 0.491 e. The molecule has 0 bridgehead atoms. The number of alkyl halides is 3. The highest BCUT2D eigenvalue weighted by atomic mass is 19.4. The van der Waals surface area contributed by atoms with Gasteiger partial charge >= 0.3 is 12.1 Å². The summed E-state index contributed by atoms with van der Waals surface area (Å²) in [5, 5.41) is 3.33. The maximum atomic E-state index is 13.0. The number of carbonyl (C=O) groups excluding carboxylic acids is 1. The molecule has 2 heterocycles. The second kappa shape index (κ2) is 9.79. The van der Waals surface area contributed by atoms with E-state index >= 15 is 0 Å². The minimum atomic E-state index is -5.27. The summed E-state index contributed by atoms with van der Waals surface area (Å²) in [6, 6.07) is 6.26. The number of benzene rings is 2. The lowest BCUT2D eigenvalue weighted by Gasteiger charge is -2.15. The number of carbonyl (C=O) groups is 1. The van der Waals surface area contributed by atoms with Crippen molar-refractivity contribution in [3.63, 3.8) is 0 Å². The molecule has 14 heteroatoms. The molecule has 11 nitrogen and oxygen atoms in total. The van der Waals surface area contributed by atoms with Crippen molar-refractivity contribution in [3.05, 3.63) is 30.0 Å². The van der Waals surface area contributed by atoms with Gasteiger partial charge in [0.15, 0.2) is 11.5 Å². The number of anilines is 2. The number of fused-ring (bicyclic) bond motifs is 2. The van der Waals surface area contributed by atoms with E-state index in [1.54, 1.807) is 19.1 Å². The predicted molar refractivity (Wildman–Crippen MR) is 125 cm³/mol. The van der Waals surface area contributed by atoms with Gasteiger partial charge in [0.2, 0.25) is 17.8 Å². The molecule has 2 aromatic heterocycles. The molecule has 0 saturated heterocycles. The SMILES string of the molecule is COc1cc2nc(Nc3nc(OC(=O)C(F)(F)F)c4c(OC)ccc(OC)c4n3)nc(C)c2cc1OC. The number of esters is 1. The first kappa shape index (κ1) is 25.5. The average molecular weight is 519 g/mol. The van der Waals surface area contributed by atoms with Crippen LogP contribution in [-0.2, 0) is 4.79 Å². The molecule has 0 aliphatic heterocycles. The van der Waals surface area contributed by atoms with Crippen molar-refractivity contribution in [2.75, 3.05) is 33.8 Å². The Hall–Kier alpha value is -4.62. The molecule has 0 saturated carbocycles. The summed E-state index contributed by atoms with van der Waals surface area (Å²) in [7, 11) is 5.61. The minimum absolute atomic E-state index is 0.0199. The number of hydrogen-bond acceptors (Lipinski definition) is 11. The van der Waals surface area contributed by atoms with E-state index in [1.165, 1.54) is 40.6 Å². The van der Waals surface area contributed by atoms with E-state index in [4.69, 9.17) is 18.9 Å². The van der Waals surface area contributed by atoms with Crippen LogP contribution in [0.4, 0.5) is 25.1 Å². The van der Waals surface area contributed by atoms with Crippen LogP contribution in [0, 0.1) is 6.92 Å². The van der Waals surface area contributed by atoms with Gasteiger partial charge in [0.05, 0.1) is 39.6 Å². The van der Waals surface area contributed by atoms with Gasteiger partial charge in [0.1, 0.15) is 22.4 Å². The number of aromatic nitrogens is 4. The van der Waals surface area contributed by atoms with Gasteiger partial charge in [-0.1, -0.05) is 0 Å². The highest BCUT2D eigenvalue weighted by Gasteiger charge is 2.42. The average Bonchev–Trinajstić information content (AvgIpc) is 2.86. The summed E-state index contributed by atoms with van der Waals surface area (Å²) >= 11 is 0. The highest BCUT2D eigenvalue weighted by Crippen LogP contribution is 2.39. The molecule has 0 radical (unpaired) electrons. The zero-order chi connectivity index (χ0) is 26.9. The molecular weight excluding hydrogens is 499 g/mol. The van der Waals surface area contributed by atoms with Gasteiger partial charge in [-0.2, -0.15) is 18.2 Å². The summed E-state index contributed by atoms with van der Waals surface area (Å²) in [5.41, 5.74) is 1.06. The minimum Gasteiger partial charge on any atom is -0.496 e. The first-order chi connectivity index (χ1) is 17.6. The van der Waals surface area contributed by atoms with Crippen LogP contribution in [-0.4, -0.2) is 60.5 Å². The Morgan fingerprint density at radius 1 is 0.811 bits per heavy atom. The van der Waals surface area contributed by atoms with Crippen molar-refractivity contribution in [2.24, 2.45) is 0 Å². The van der Waals surface area contributed by atoms with Crippen LogP contribution in [0.1, 0.15) is 5.69 Å². The normalized spacial score (nSPS) is 11.4. The number of rotatable bonds is 7. The van der Waals surface area contributed by atoms with Crippen LogP contribution in [0.25, 0.3) is 21.8 Å². The quantitative estimate of drug-likeness (QED) is 0.354. The molecule has 0 aliphatic rings. The van der Waals surface area contributed by atoms with E-state index in [0.29, 0.717) is 28.1 Å². The number of aryl methyl sites for hydroxylation is 1. The zero-order valence-corrected chi connectivity index (χ0v) is 20.2. The van der Waals surface area contributed by atoms with E-state index < -0.39 is 18.0 Å². The maximum absolute atomic E-state index is 13.0. The van der Waals surface area contributed by atoms with Crippen molar-refractivity contribution < 1.29 is 41.7 Å². The van der Waals surface area contributed by atoms with Crippen molar-refractivity contribution in [3.8, 4) is 28.9 Å². The van der Waals surface area contributed by atoms with Gasteiger partial charge in [-0.05, 0) is 25.1 Å². The zero-order valence-electron chi connectivity index (χ0n) is 20.2. The standard InChI is InChI=1S/C23H20F3N5O6/c1-10-11-8-15(35-4)16(36-5)9-12(11)28-21(27-10)31-22-29-18-14(34-3)7-6-13(33-2)17(18)19(30-22)37-20(32)23(24,25)26/h6-9H,1-5H3,(H,27,28,29,30,31). The fourth-order valence-electron chi connectivity index (χ4n) is 3.53. The van der Waals surface area contributed by atoms with Gasteiger partial charge < -0.3 is 23.7 Å². The summed E-state index contributed by atoms with van der Waals surface area (Å²) in [6.07, 6.45) is -5.27. The van der Waals surface area contributed by atoms with Crippen LogP contribution in [0.3, 0.4) is 0 Å². The van der Waals surface area contributed by atoms with Crippen molar-refractivity contribution >= 4 is 39.7 Å². The van der Waals surface area contributed by atoms with Gasteiger partial charge in [-0.15, -0.1) is 0 Å². The van der Waals surface area contributed by atoms with Crippen molar-refractivity contribution in [1.29, 1.82) is 0 Å². The van der Waals surface area contributed by atoms with Crippen LogP contribution in [0.5, 0.6) is 28.9 Å². The van der Waals surface area contributed by atoms with Crippen LogP contribution < -0.4 is 29.0 Å². The molecular formula is C23H20F3N5O6. The summed E-state index contributed by atoms with van der Waals surface area (Å²) in [5.74, 6) is -2.27. The van der Waals surface area contributed by atoms with E-state index in [2.05, 4.69) is 30.0 Å². The largest absolute Gasteiger partial charge is 0.496 e. The first-order valence-electron chi connectivity index (χ1n) is 10.5. The molecule has 37 heavy (non-hydrogen) atoms. The molecule has 0 spiro atoms. The number of hydrogen-bond donors (Lipinski definition) is 1. The number of ether oxygens (including phenoxy) is 5. The van der Waals surface area contributed by atoms with E-state index in [0.717, 1.165) is 0 Å². The Labute approximate surface area is 207 Å². The number of methoxy groups -OCH3 is 4. The van der Waals surface area contributed by atoms with Gasteiger partial charge in [0.25, 0.3) is 0 Å². The van der Waals surface area contributed by atoms with Crippen LogP contribution in [0.2, 0.25) is 0 Å². The number of nitrogens with one attached hydrogen (secondary N) is 1. The lowest BCUT2D eigenvalue weighted by Crippen LogP contribution is -2.28. The van der Waals surface area contributed by atoms with Crippen molar-refractivity contribution in [2.45, 2.75) is 13.1 Å². The van der Waals surface area contributed by atoms with E-state index in [1.807, 2.05) is 0 Å². The molecule has 4 rings (SSSR count). The van der Waals surface area contributed by atoms with Crippen LogP contribution >= 0.6 is 0 Å². The van der Waals surface area contributed by atoms with E-state index in [9.17, 15) is 18.0 Å². The maximum Gasteiger partial charge on any atom is 0.491 e. The Bertz CT molecular complexity index is 1510. The fourth-order valence-corrected chi connectivity index (χ4v) is 3.53. The molecule has 194 valence electrons. The summed E-state index contributed by atoms with van der Waals surface area (Å²) < 4.78 is 64.7. The summed E-state index contributed by atoms with van der Waals surface area (Å²) in [6.45, 7) is 1.73. The third kappa shape index (κ3) is 4.90. The van der Waals surface area contributed by atoms with Crippen molar-refractivity contribution in [1.82, 2.24) is 19.9 Å². The lowest BCUT2D eigenvalue weighted by molar-refractivity contribution is -0.189. The molecule has 0 atom stereocenters. The van der Waals surface area contributed by atoms with Gasteiger partial charge in [0, 0.05) is 11.5 Å². The van der Waals surface area contributed by atoms with Gasteiger partial charge in [-0.25, -0.2) is 19.7 Å². The lowest BCUT2D eigenvalue weighted by atomic mass is 10.1. The Kier molecular flexibility index (Phi) is 6.74. The highest BCUT2D eigenvalue weighted by molar-refractivity contribution is 5.96.